The Labute approximate surface area is 214 Å². The van der Waals surface area contributed by atoms with Crippen LogP contribution in [0.5, 0.6) is 17.2 Å². The molecule has 1 N–H and O–H groups in total. The lowest BCUT2D eigenvalue weighted by Gasteiger charge is -2.48. The van der Waals surface area contributed by atoms with Crippen LogP contribution >= 0.6 is 0 Å². The molecular formula is C31H24O6. The Balaban J connectivity index is 1.32. The molecule has 2 aliphatic rings. The summed E-state index contributed by atoms with van der Waals surface area (Å²) in [4.78, 5) is 26.1. The molecule has 0 spiro atoms. The highest BCUT2D eigenvalue weighted by molar-refractivity contribution is 5.86. The van der Waals surface area contributed by atoms with Gasteiger partial charge >= 0.3 is 11.9 Å². The van der Waals surface area contributed by atoms with E-state index >= 15 is 0 Å². The Bertz CT molecular complexity index is 1400. The Kier molecular flexibility index (Phi) is 5.85. The van der Waals surface area contributed by atoms with Gasteiger partial charge in [0.05, 0.1) is 11.8 Å². The van der Waals surface area contributed by atoms with E-state index in [4.69, 9.17) is 14.2 Å². The van der Waals surface area contributed by atoms with E-state index in [1.54, 1.807) is 12.1 Å². The van der Waals surface area contributed by atoms with E-state index in [1.165, 1.54) is 0 Å². The van der Waals surface area contributed by atoms with Gasteiger partial charge in [-0.25, -0.2) is 0 Å². The number of hydrogen-bond donors (Lipinski definition) is 1. The maximum absolute atomic E-state index is 13.7. The number of benzene rings is 4. The van der Waals surface area contributed by atoms with Crippen LogP contribution in [0.4, 0.5) is 0 Å². The predicted octanol–water partition coefficient (Wildman–Crippen LogP) is 5.89. The number of ether oxygens (including phenoxy) is 3. The molecule has 0 radical (unpaired) electrons. The fourth-order valence-electron chi connectivity index (χ4n) is 5.53. The average Bonchev–Trinajstić information content (AvgIpc) is 3.37. The molecule has 1 aliphatic carbocycles. The zero-order valence-electron chi connectivity index (χ0n) is 19.8. The fraction of sp³-hybridized carbons (Fsp3) is 0.161. The number of carbonyl (C=O) groups excluding carboxylic acids is 1. The van der Waals surface area contributed by atoms with E-state index in [0.29, 0.717) is 17.2 Å². The molecule has 4 aromatic carbocycles. The lowest BCUT2D eigenvalue weighted by Crippen LogP contribution is -2.52. The Morgan fingerprint density at radius 1 is 0.676 bits per heavy atom. The van der Waals surface area contributed by atoms with Crippen LogP contribution in [0.25, 0.3) is 11.1 Å². The van der Waals surface area contributed by atoms with Crippen LogP contribution in [-0.4, -0.2) is 23.8 Å². The number of aliphatic carboxylic acids is 1. The smallest absolute Gasteiger partial charge is 0.315 e. The molecule has 0 amide bonds. The molecule has 4 aromatic rings. The predicted molar refractivity (Wildman–Crippen MR) is 137 cm³/mol. The third-order valence-corrected chi connectivity index (χ3v) is 7.23. The van der Waals surface area contributed by atoms with Crippen molar-refractivity contribution in [3.63, 3.8) is 0 Å². The quantitative estimate of drug-likeness (QED) is 0.267. The zero-order chi connectivity index (χ0) is 25.4. The van der Waals surface area contributed by atoms with Gasteiger partial charge in [-0.15, -0.1) is 0 Å². The third-order valence-electron chi connectivity index (χ3n) is 7.23. The summed E-state index contributed by atoms with van der Waals surface area (Å²) in [6, 6.07) is 31.7. The zero-order valence-corrected chi connectivity index (χ0v) is 19.8. The van der Waals surface area contributed by atoms with Gasteiger partial charge in [0, 0.05) is 11.8 Å². The van der Waals surface area contributed by atoms with Gasteiger partial charge in [0.2, 0.25) is 6.79 Å². The third kappa shape index (κ3) is 4.20. The van der Waals surface area contributed by atoms with Crippen LogP contribution in [-0.2, 0) is 9.59 Å². The molecule has 37 heavy (non-hydrogen) atoms. The molecule has 1 fully saturated rings. The van der Waals surface area contributed by atoms with Crippen LogP contribution in [0.3, 0.4) is 0 Å². The highest BCUT2D eigenvalue weighted by Crippen LogP contribution is 2.58. The lowest BCUT2D eigenvalue weighted by atomic mass is 9.52. The van der Waals surface area contributed by atoms with Gasteiger partial charge in [0.1, 0.15) is 5.75 Å². The second-order valence-corrected chi connectivity index (χ2v) is 9.28. The first-order valence-corrected chi connectivity index (χ1v) is 12.1. The first-order valence-electron chi connectivity index (χ1n) is 12.1. The maximum atomic E-state index is 13.7. The average molecular weight is 493 g/mol. The fourth-order valence-corrected chi connectivity index (χ4v) is 5.53. The van der Waals surface area contributed by atoms with Crippen LogP contribution in [0.15, 0.2) is 103 Å². The first kappa shape index (κ1) is 22.9. The van der Waals surface area contributed by atoms with Gasteiger partial charge in [-0.2, -0.15) is 0 Å². The van der Waals surface area contributed by atoms with Gasteiger partial charge in [-0.1, -0.05) is 78.9 Å². The maximum Gasteiger partial charge on any atom is 0.315 e. The summed E-state index contributed by atoms with van der Waals surface area (Å²) in [5.74, 6) is -1.95. The number of esters is 1. The van der Waals surface area contributed by atoms with Gasteiger partial charge in [0.25, 0.3) is 0 Å². The largest absolute Gasteiger partial charge is 0.481 e. The number of fused-ring (bicyclic) bond motifs is 1. The highest BCUT2D eigenvalue weighted by atomic mass is 16.7. The number of hydrogen-bond acceptors (Lipinski definition) is 5. The number of rotatable bonds is 6. The second-order valence-electron chi connectivity index (χ2n) is 9.28. The summed E-state index contributed by atoms with van der Waals surface area (Å²) in [5.41, 5.74) is 3.40. The van der Waals surface area contributed by atoms with Crippen molar-refractivity contribution in [2.75, 3.05) is 6.79 Å². The van der Waals surface area contributed by atoms with Crippen molar-refractivity contribution in [3.8, 4) is 28.4 Å². The minimum atomic E-state index is -0.920. The summed E-state index contributed by atoms with van der Waals surface area (Å²) in [6.45, 7) is 0.195. The number of carboxylic acids is 1. The van der Waals surface area contributed by atoms with Crippen LogP contribution in [0.1, 0.15) is 23.0 Å². The SMILES string of the molecule is O=C(O)[C@H]1C(c2ccccc2)[C@H](C(=O)Oc2cccc(-c3ccc4c(c3)OCO4)c2)[C@@H]1c1ccccc1. The molecule has 4 atom stereocenters. The van der Waals surface area contributed by atoms with E-state index in [0.717, 1.165) is 22.3 Å². The molecule has 184 valence electrons. The van der Waals surface area contributed by atoms with Gasteiger partial charge < -0.3 is 19.3 Å². The van der Waals surface area contributed by atoms with Crippen LogP contribution in [0, 0.1) is 11.8 Å². The normalized spacial score (nSPS) is 21.6. The summed E-state index contributed by atoms with van der Waals surface area (Å²) in [6.07, 6.45) is 0. The molecule has 1 saturated carbocycles. The molecule has 6 nitrogen and oxygen atoms in total. The van der Waals surface area contributed by atoms with Crippen molar-refractivity contribution in [3.05, 3.63) is 114 Å². The van der Waals surface area contributed by atoms with E-state index < -0.39 is 35.6 Å². The molecule has 6 rings (SSSR count). The van der Waals surface area contributed by atoms with Gasteiger partial charge in [-0.3, -0.25) is 9.59 Å². The van der Waals surface area contributed by atoms with Crippen molar-refractivity contribution in [1.82, 2.24) is 0 Å². The van der Waals surface area contributed by atoms with E-state index in [2.05, 4.69) is 0 Å². The molecule has 1 aliphatic heterocycles. The molecular weight excluding hydrogens is 468 g/mol. The summed E-state index contributed by atoms with van der Waals surface area (Å²) < 4.78 is 16.8. The Morgan fingerprint density at radius 2 is 1.30 bits per heavy atom. The Morgan fingerprint density at radius 3 is 1.95 bits per heavy atom. The monoisotopic (exact) mass is 492 g/mol. The van der Waals surface area contributed by atoms with Gasteiger partial charge in [0.15, 0.2) is 11.5 Å². The molecule has 6 heteroatoms. The number of carboxylic acid groups (broad SMARTS) is 1. The second kappa shape index (κ2) is 9.47. The van der Waals surface area contributed by atoms with Crippen molar-refractivity contribution in [1.29, 1.82) is 0 Å². The topological polar surface area (TPSA) is 82.1 Å². The Hall–Kier alpha value is -4.58. The standard InChI is InChI=1S/C31H24O6/c32-30(33)28-26(19-8-3-1-4-9-19)29(27(28)20-10-5-2-6-11-20)31(34)37-23-13-7-12-21(16-23)22-14-15-24-25(17-22)36-18-35-24/h1-17,26-29H,18H2,(H,32,33)/t26-,27?,28-,29-/m1/s1. The molecule has 0 bridgehead atoms. The first-order chi connectivity index (χ1) is 18.1. The molecule has 1 unspecified atom stereocenters. The minimum absolute atomic E-state index is 0.195. The molecule has 0 saturated heterocycles. The van der Waals surface area contributed by atoms with Crippen molar-refractivity contribution in [2.24, 2.45) is 11.8 Å². The summed E-state index contributed by atoms with van der Waals surface area (Å²) in [7, 11) is 0. The number of carbonyl (C=O) groups is 2. The molecule has 1 heterocycles. The van der Waals surface area contributed by atoms with Crippen molar-refractivity contribution < 1.29 is 28.9 Å². The van der Waals surface area contributed by atoms with Crippen LogP contribution < -0.4 is 14.2 Å². The van der Waals surface area contributed by atoms with E-state index in [-0.39, 0.29) is 6.79 Å². The summed E-state index contributed by atoms with van der Waals surface area (Å²) >= 11 is 0. The van der Waals surface area contributed by atoms with Crippen molar-refractivity contribution >= 4 is 11.9 Å². The van der Waals surface area contributed by atoms with E-state index in [1.807, 2.05) is 91.0 Å². The minimum Gasteiger partial charge on any atom is -0.481 e. The highest BCUT2D eigenvalue weighted by Gasteiger charge is 2.59. The lowest BCUT2D eigenvalue weighted by molar-refractivity contribution is -0.158. The van der Waals surface area contributed by atoms with Crippen LogP contribution in [0.2, 0.25) is 0 Å². The van der Waals surface area contributed by atoms with Gasteiger partial charge in [-0.05, 0) is 46.5 Å². The molecule has 0 aromatic heterocycles. The van der Waals surface area contributed by atoms with Crippen molar-refractivity contribution in [2.45, 2.75) is 11.8 Å². The summed E-state index contributed by atoms with van der Waals surface area (Å²) in [5, 5.41) is 10.1. The van der Waals surface area contributed by atoms with E-state index in [9.17, 15) is 14.7 Å².